The van der Waals surface area contributed by atoms with Crippen LogP contribution in [0.15, 0.2) is 17.5 Å². The van der Waals surface area contributed by atoms with Gasteiger partial charge in [-0.1, -0.05) is 0 Å². The highest BCUT2D eigenvalue weighted by Crippen LogP contribution is 2.37. The van der Waals surface area contributed by atoms with Gasteiger partial charge in [0.15, 0.2) is 0 Å². The van der Waals surface area contributed by atoms with Gasteiger partial charge in [0, 0.05) is 16.6 Å². The maximum atomic E-state index is 12.5. The molecule has 0 amide bonds. The topological polar surface area (TPSA) is 52.0 Å². The zero-order valence-corrected chi connectivity index (χ0v) is 7.94. The number of fused-ring (bicyclic) bond motifs is 1. The van der Waals surface area contributed by atoms with E-state index in [0.29, 0.717) is 11.1 Å². The third-order valence-corrected chi connectivity index (χ3v) is 3.04. The number of rotatable bonds is 1. The number of nitrogens with two attached hydrogens (primary N) is 2. The summed E-state index contributed by atoms with van der Waals surface area (Å²) < 4.78 is 25.8. The molecule has 0 fully saturated rings. The number of halogens is 2. The molecule has 0 spiro atoms. The first kappa shape index (κ1) is 9.21. The van der Waals surface area contributed by atoms with E-state index in [1.54, 1.807) is 11.4 Å². The summed E-state index contributed by atoms with van der Waals surface area (Å²) in [7, 11) is 0. The number of anilines is 2. The molecular weight excluding hydrogens is 206 g/mol. The van der Waals surface area contributed by atoms with Gasteiger partial charge in [-0.15, -0.1) is 11.3 Å². The molecule has 0 aliphatic heterocycles. The largest absolute Gasteiger partial charge is 0.398 e. The molecular formula is C9H8F2N2S. The number of hydrogen-bond donors (Lipinski definition) is 2. The molecule has 0 aliphatic rings. The zero-order valence-electron chi connectivity index (χ0n) is 7.13. The van der Waals surface area contributed by atoms with Crippen molar-refractivity contribution >= 4 is 32.8 Å². The predicted molar refractivity (Wildman–Crippen MR) is 55.6 cm³/mol. The van der Waals surface area contributed by atoms with Crippen LogP contribution in [-0.4, -0.2) is 0 Å². The number of alkyl halides is 2. The molecule has 2 rings (SSSR count). The Bertz CT molecular complexity index is 479. The molecule has 14 heavy (non-hydrogen) atoms. The summed E-state index contributed by atoms with van der Waals surface area (Å²) in [5.74, 6) is 0. The van der Waals surface area contributed by atoms with Crippen LogP contribution in [0.4, 0.5) is 20.2 Å². The van der Waals surface area contributed by atoms with Gasteiger partial charge in [0.2, 0.25) is 0 Å². The Morgan fingerprint density at radius 2 is 2.00 bits per heavy atom. The molecule has 74 valence electrons. The first-order valence-corrected chi connectivity index (χ1v) is 4.82. The summed E-state index contributed by atoms with van der Waals surface area (Å²) in [5.41, 5.74) is 11.5. The van der Waals surface area contributed by atoms with Crippen molar-refractivity contribution in [2.24, 2.45) is 0 Å². The van der Waals surface area contributed by atoms with Crippen molar-refractivity contribution < 1.29 is 8.78 Å². The van der Waals surface area contributed by atoms with Crippen molar-refractivity contribution in [1.29, 1.82) is 0 Å². The third-order valence-electron chi connectivity index (χ3n) is 2.07. The van der Waals surface area contributed by atoms with Crippen molar-refractivity contribution in [2.45, 2.75) is 6.43 Å². The molecule has 1 heterocycles. The van der Waals surface area contributed by atoms with Crippen LogP contribution in [0.1, 0.15) is 12.0 Å². The highest BCUT2D eigenvalue weighted by atomic mass is 32.1. The fourth-order valence-electron chi connectivity index (χ4n) is 1.39. The lowest BCUT2D eigenvalue weighted by Crippen LogP contribution is -1.97. The third kappa shape index (κ3) is 1.21. The average molecular weight is 214 g/mol. The molecule has 1 aromatic carbocycles. The fraction of sp³-hybridized carbons (Fsp3) is 0.111. The van der Waals surface area contributed by atoms with Gasteiger partial charge in [-0.3, -0.25) is 0 Å². The van der Waals surface area contributed by atoms with Crippen LogP contribution in [0, 0.1) is 0 Å². The van der Waals surface area contributed by atoms with Crippen LogP contribution in [0.3, 0.4) is 0 Å². The summed E-state index contributed by atoms with van der Waals surface area (Å²) in [6.07, 6.45) is -2.58. The van der Waals surface area contributed by atoms with Crippen molar-refractivity contribution in [1.82, 2.24) is 0 Å². The van der Waals surface area contributed by atoms with Crippen LogP contribution in [0.5, 0.6) is 0 Å². The average Bonchev–Trinajstić information content (AvgIpc) is 2.59. The lowest BCUT2D eigenvalue weighted by atomic mass is 10.1. The van der Waals surface area contributed by atoms with Crippen molar-refractivity contribution in [3.8, 4) is 0 Å². The SMILES string of the molecule is Nc1c(C(F)F)cc(N)c2sccc12. The number of hydrogen-bond acceptors (Lipinski definition) is 3. The quantitative estimate of drug-likeness (QED) is 0.717. The Hall–Kier alpha value is -1.36. The lowest BCUT2D eigenvalue weighted by molar-refractivity contribution is 0.152. The monoisotopic (exact) mass is 214 g/mol. The first-order chi connectivity index (χ1) is 6.61. The van der Waals surface area contributed by atoms with E-state index < -0.39 is 6.43 Å². The highest BCUT2D eigenvalue weighted by molar-refractivity contribution is 7.18. The number of benzene rings is 1. The second-order valence-corrected chi connectivity index (χ2v) is 3.85. The summed E-state index contributed by atoms with van der Waals surface area (Å²) in [5, 5.41) is 2.40. The molecule has 4 N–H and O–H groups in total. The van der Waals surface area contributed by atoms with Crippen LogP contribution < -0.4 is 11.5 Å². The van der Waals surface area contributed by atoms with Gasteiger partial charge in [0.05, 0.1) is 10.4 Å². The minimum absolute atomic E-state index is 0.130. The molecule has 2 nitrogen and oxygen atoms in total. The standard InChI is InChI=1S/C9H8F2N2S/c10-9(11)5-3-6(12)8-4(7(5)13)1-2-14-8/h1-3,9H,12-13H2. The molecule has 0 atom stereocenters. The Balaban J connectivity index is 2.82. The van der Waals surface area contributed by atoms with Gasteiger partial charge >= 0.3 is 0 Å². The fourth-order valence-corrected chi connectivity index (χ4v) is 2.23. The molecule has 0 unspecified atom stereocenters. The van der Waals surface area contributed by atoms with Gasteiger partial charge in [-0.2, -0.15) is 0 Å². The predicted octanol–water partition coefficient (Wildman–Crippen LogP) is 3.00. The zero-order chi connectivity index (χ0) is 10.3. The van der Waals surface area contributed by atoms with Crippen molar-refractivity contribution in [3.05, 3.63) is 23.1 Å². The van der Waals surface area contributed by atoms with Gasteiger partial charge in [-0.05, 0) is 17.5 Å². The van der Waals surface area contributed by atoms with Gasteiger partial charge < -0.3 is 11.5 Å². The van der Waals surface area contributed by atoms with Crippen molar-refractivity contribution in [2.75, 3.05) is 11.5 Å². The van der Waals surface area contributed by atoms with Crippen LogP contribution >= 0.6 is 11.3 Å². The summed E-state index contributed by atoms with van der Waals surface area (Å²) in [4.78, 5) is 0. The first-order valence-electron chi connectivity index (χ1n) is 3.94. The van der Waals surface area contributed by atoms with Crippen LogP contribution in [0.2, 0.25) is 0 Å². The van der Waals surface area contributed by atoms with Gasteiger partial charge in [0.1, 0.15) is 0 Å². The smallest absolute Gasteiger partial charge is 0.265 e. The van der Waals surface area contributed by atoms with Crippen LogP contribution in [-0.2, 0) is 0 Å². The molecule has 1 aromatic heterocycles. The maximum absolute atomic E-state index is 12.5. The Morgan fingerprint density at radius 3 is 2.64 bits per heavy atom. The Labute approximate surface area is 83.1 Å². The second-order valence-electron chi connectivity index (χ2n) is 2.93. The maximum Gasteiger partial charge on any atom is 0.265 e. The van der Waals surface area contributed by atoms with Crippen molar-refractivity contribution in [3.63, 3.8) is 0 Å². The van der Waals surface area contributed by atoms with E-state index in [9.17, 15) is 8.78 Å². The minimum atomic E-state index is -2.58. The molecule has 5 heteroatoms. The normalized spacial score (nSPS) is 11.4. The van der Waals surface area contributed by atoms with E-state index in [0.717, 1.165) is 4.70 Å². The number of nitrogen functional groups attached to an aromatic ring is 2. The molecule has 2 aromatic rings. The minimum Gasteiger partial charge on any atom is -0.398 e. The molecule has 0 bridgehead atoms. The summed E-state index contributed by atoms with van der Waals surface area (Å²) >= 11 is 1.40. The highest BCUT2D eigenvalue weighted by Gasteiger charge is 2.16. The molecule has 0 saturated heterocycles. The molecule has 0 aliphatic carbocycles. The van der Waals surface area contributed by atoms with Gasteiger partial charge in [0.25, 0.3) is 6.43 Å². The van der Waals surface area contributed by atoms with E-state index in [1.165, 1.54) is 17.4 Å². The summed E-state index contributed by atoms with van der Waals surface area (Å²) in [6, 6.07) is 2.95. The molecule has 0 saturated carbocycles. The van der Waals surface area contributed by atoms with E-state index in [-0.39, 0.29) is 11.3 Å². The second kappa shape index (κ2) is 3.09. The van der Waals surface area contributed by atoms with E-state index >= 15 is 0 Å². The lowest BCUT2D eigenvalue weighted by Gasteiger charge is -2.07. The van der Waals surface area contributed by atoms with Gasteiger partial charge in [-0.25, -0.2) is 8.78 Å². The van der Waals surface area contributed by atoms with E-state index in [2.05, 4.69) is 0 Å². The Kier molecular flexibility index (Phi) is 2.03. The number of thiophene rings is 1. The summed E-state index contributed by atoms with van der Waals surface area (Å²) in [6.45, 7) is 0. The van der Waals surface area contributed by atoms with Crippen LogP contribution in [0.25, 0.3) is 10.1 Å². The Morgan fingerprint density at radius 1 is 1.29 bits per heavy atom. The molecule has 0 radical (unpaired) electrons. The van der Waals surface area contributed by atoms with E-state index in [1.807, 2.05) is 0 Å². The van der Waals surface area contributed by atoms with E-state index in [4.69, 9.17) is 11.5 Å².